The maximum atomic E-state index is 11.0. The van der Waals surface area contributed by atoms with E-state index in [1.54, 1.807) is 12.1 Å². The van der Waals surface area contributed by atoms with Crippen LogP contribution in [-0.4, -0.2) is 4.92 Å². The Kier molecular flexibility index (Phi) is 4.25. The molecule has 0 aliphatic carbocycles. The Balaban J connectivity index is 2.23. The number of ether oxygens (including phenoxy) is 1. The zero-order valence-electron chi connectivity index (χ0n) is 11.2. The number of benzene rings is 2. The Morgan fingerprint density at radius 3 is 2.70 bits per heavy atom. The summed E-state index contributed by atoms with van der Waals surface area (Å²) < 4.78 is 5.69. The Labute approximate surface area is 122 Å². The fourth-order valence-corrected chi connectivity index (χ4v) is 2.03. The van der Waals surface area contributed by atoms with Crippen molar-refractivity contribution in [3.8, 4) is 5.75 Å². The summed E-state index contributed by atoms with van der Waals surface area (Å²) in [4.78, 5) is 10.5. The summed E-state index contributed by atoms with van der Waals surface area (Å²) in [7, 11) is 0. The lowest BCUT2D eigenvalue weighted by Crippen LogP contribution is -2.02. The molecule has 104 valence electrons. The molecule has 0 heterocycles. The van der Waals surface area contributed by atoms with Crippen LogP contribution in [0.25, 0.3) is 0 Å². The molecule has 0 N–H and O–H groups in total. The zero-order valence-corrected chi connectivity index (χ0v) is 12.0. The molecule has 20 heavy (non-hydrogen) atoms. The van der Waals surface area contributed by atoms with Crippen LogP contribution >= 0.6 is 11.6 Å². The molecule has 0 atom stereocenters. The van der Waals surface area contributed by atoms with Gasteiger partial charge in [0.05, 0.1) is 10.5 Å². The number of aryl methyl sites for hydroxylation is 1. The highest BCUT2D eigenvalue weighted by Crippen LogP contribution is 2.26. The topological polar surface area (TPSA) is 52.4 Å². The molecule has 0 aliphatic heterocycles. The van der Waals surface area contributed by atoms with E-state index in [0.29, 0.717) is 10.6 Å². The van der Waals surface area contributed by atoms with Gasteiger partial charge in [-0.15, -0.1) is 0 Å². The van der Waals surface area contributed by atoms with Crippen LogP contribution in [0.3, 0.4) is 0 Å². The van der Waals surface area contributed by atoms with Gasteiger partial charge in [0.2, 0.25) is 0 Å². The summed E-state index contributed by atoms with van der Waals surface area (Å²) in [5, 5.41) is 11.3. The summed E-state index contributed by atoms with van der Waals surface area (Å²) in [6.45, 7) is 4.09. The molecular formula is C15H14ClNO3. The van der Waals surface area contributed by atoms with E-state index in [-0.39, 0.29) is 12.3 Å². The Hall–Kier alpha value is -2.07. The second-order valence-electron chi connectivity index (χ2n) is 4.52. The van der Waals surface area contributed by atoms with Crippen LogP contribution in [0.15, 0.2) is 36.4 Å². The van der Waals surface area contributed by atoms with Gasteiger partial charge in [-0.05, 0) is 43.2 Å². The van der Waals surface area contributed by atoms with E-state index in [0.717, 1.165) is 16.9 Å². The number of nitrogens with zero attached hydrogens (tertiary/aromatic N) is 1. The van der Waals surface area contributed by atoms with E-state index in [9.17, 15) is 10.1 Å². The van der Waals surface area contributed by atoms with E-state index >= 15 is 0 Å². The van der Waals surface area contributed by atoms with Gasteiger partial charge >= 0.3 is 0 Å². The summed E-state index contributed by atoms with van der Waals surface area (Å²) in [5.74, 6) is 0.731. The van der Waals surface area contributed by atoms with E-state index in [1.165, 1.54) is 6.07 Å². The minimum absolute atomic E-state index is 0.0252. The molecule has 0 aromatic heterocycles. The van der Waals surface area contributed by atoms with Crippen molar-refractivity contribution in [2.45, 2.75) is 20.5 Å². The molecule has 0 unspecified atom stereocenters. The smallest absolute Gasteiger partial charge is 0.277 e. The average Bonchev–Trinajstić information content (AvgIpc) is 2.41. The number of nitro groups is 1. The molecular weight excluding hydrogens is 278 g/mol. The van der Waals surface area contributed by atoms with Gasteiger partial charge in [0.25, 0.3) is 5.69 Å². The first kappa shape index (κ1) is 14.3. The quantitative estimate of drug-likeness (QED) is 0.618. The lowest BCUT2D eigenvalue weighted by molar-refractivity contribution is -0.385. The highest BCUT2D eigenvalue weighted by molar-refractivity contribution is 6.30. The van der Waals surface area contributed by atoms with Crippen LogP contribution in [0.4, 0.5) is 5.69 Å². The van der Waals surface area contributed by atoms with Gasteiger partial charge < -0.3 is 4.74 Å². The average molecular weight is 292 g/mol. The highest BCUT2D eigenvalue weighted by atomic mass is 35.5. The van der Waals surface area contributed by atoms with Crippen molar-refractivity contribution in [1.82, 2.24) is 0 Å². The first-order valence-electron chi connectivity index (χ1n) is 6.11. The molecule has 0 aliphatic rings. The molecule has 2 aromatic carbocycles. The highest BCUT2D eigenvalue weighted by Gasteiger charge is 2.15. The largest absolute Gasteiger partial charge is 0.488 e. The van der Waals surface area contributed by atoms with Gasteiger partial charge in [0.1, 0.15) is 12.4 Å². The van der Waals surface area contributed by atoms with Crippen molar-refractivity contribution in [2.24, 2.45) is 0 Å². The fourth-order valence-electron chi connectivity index (χ4n) is 1.87. The van der Waals surface area contributed by atoms with Gasteiger partial charge in [-0.2, -0.15) is 0 Å². The predicted molar refractivity (Wildman–Crippen MR) is 78.4 cm³/mol. The van der Waals surface area contributed by atoms with Crippen LogP contribution in [0.5, 0.6) is 5.75 Å². The Bertz CT molecular complexity index is 656. The third-order valence-corrected chi connectivity index (χ3v) is 3.42. The number of hydrogen-bond acceptors (Lipinski definition) is 3. The van der Waals surface area contributed by atoms with E-state index in [2.05, 4.69) is 0 Å². The molecule has 0 saturated heterocycles. The molecule has 0 bridgehead atoms. The maximum Gasteiger partial charge on any atom is 0.277 e. The molecule has 5 heteroatoms. The lowest BCUT2D eigenvalue weighted by atomic mass is 10.1. The lowest BCUT2D eigenvalue weighted by Gasteiger charge is -2.11. The van der Waals surface area contributed by atoms with Crippen LogP contribution in [0.2, 0.25) is 5.02 Å². The van der Waals surface area contributed by atoms with Crippen LogP contribution in [-0.2, 0) is 6.61 Å². The van der Waals surface area contributed by atoms with Gasteiger partial charge in [-0.3, -0.25) is 10.1 Å². The van der Waals surface area contributed by atoms with E-state index in [4.69, 9.17) is 16.3 Å². The monoisotopic (exact) mass is 291 g/mol. The van der Waals surface area contributed by atoms with E-state index < -0.39 is 4.92 Å². The third kappa shape index (κ3) is 3.08. The van der Waals surface area contributed by atoms with Crippen molar-refractivity contribution in [2.75, 3.05) is 0 Å². The first-order chi connectivity index (χ1) is 9.49. The first-order valence-corrected chi connectivity index (χ1v) is 6.48. The summed E-state index contributed by atoms with van der Waals surface area (Å²) in [6.07, 6.45) is 0. The normalized spacial score (nSPS) is 10.3. The number of hydrogen-bond donors (Lipinski definition) is 0. The van der Waals surface area contributed by atoms with Crippen molar-refractivity contribution in [3.05, 3.63) is 68.2 Å². The molecule has 0 spiro atoms. The van der Waals surface area contributed by atoms with Crippen molar-refractivity contribution >= 4 is 17.3 Å². The number of rotatable bonds is 4. The predicted octanol–water partition coefficient (Wildman–Crippen LogP) is 4.44. The maximum absolute atomic E-state index is 11.0. The minimum Gasteiger partial charge on any atom is -0.488 e. The van der Waals surface area contributed by atoms with Crippen LogP contribution < -0.4 is 4.74 Å². The fraction of sp³-hybridized carbons (Fsp3) is 0.200. The minimum atomic E-state index is -0.451. The SMILES string of the molecule is Cc1cccc(OCc2ccc(Cl)cc2[N+](=O)[O-])c1C. The molecule has 0 saturated carbocycles. The summed E-state index contributed by atoms with van der Waals surface area (Å²) in [5.41, 5.74) is 2.63. The molecule has 0 amide bonds. The molecule has 2 rings (SSSR count). The second-order valence-corrected chi connectivity index (χ2v) is 4.95. The van der Waals surface area contributed by atoms with Crippen molar-refractivity contribution in [3.63, 3.8) is 0 Å². The molecule has 4 nitrogen and oxygen atoms in total. The second kappa shape index (κ2) is 5.92. The van der Waals surface area contributed by atoms with E-state index in [1.807, 2.05) is 32.0 Å². The molecule has 2 aromatic rings. The van der Waals surface area contributed by atoms with Crippen LogP contribution in [0.1, 0.15) is 16.7 Å². The summed E-state index contributed by atoms with van der Waals surface area (Å²) in [6, 6.07) is 10.3. The standard InChI is InChI=1S/C15H14ClNO3/c1-10-4-3-5-15(11(10)2)20-9-12-6-7-13(16)8-14(12)17(18)19/h3-8H,9H2,1-2H3. The molecule has 0 fully saturated rings. The van der Waals surface area contributed by atoms with Crippen LogP contribution in [0, 0.1) is 24.0 Å². The zero-order chi connectivity index (χ0) is 14.7. The van der Waals surface area contributed by atoms with Gasteiger partial charge in [0.15, 0.2) is 0 Å². The van der Waals surface area contributed by atoms with Crippen molar-refractivity contribution < 1.29 is 9.66 Å². The number of halogens is 1. The Morgan fingerprint density at radius 1 is 1.25 bits per heavy atom. The molecule has 0 radical (unpaired) electrons. The van der Waals surface area contributed by atoms with Crippen molar-refractivity contribution in [1.29, 1.82) is 0 Å². The third-order valence-electron chi connectivity index (χ3n) is 3.18. The van der Waals surface area contributed by atoms with Gasteiger partial charge in [0, 0.05) is 11.1 Å². The Morgan fingerprint density at radius 2 is 2.00 bits per heavy atom. The van der Waals surface area contributed by atoms with Gasteiger partial charge in [-0.1, -0.05) is 23.7 Å². The number of nitro benzene ring substituents is 1. The summed E-state index contributed by atoms with van der Waals surface area (Å²) >= 11 is 5.78. The van der Waals surface area contributed by atoms with Gasteiger partial charge in [-0.25, -0.2) is 0 Å².